The van der Waals surface area contributed by atoms with Gasteiger partial charge in [0.05, 0.1) is 23.0 Å². The van der Waals surface area contributed by atoms with Crippen molar-refractivity contribution in [1.29, 1.82) is 0 Å². The van der Waals surface area contributed by atoms with E-state index in [1.807, 2.05) is 35.3 Å². The maximum absolute atomic E-state index is 4.64. The fraction of sp³-hybridized carbons (Fsp3) is 0.261. The van der Waals surface area contributed by atoms with Gasteiger partial charge in [-0.05, 0) is 37.1 Å². The molecule has 0 unspecified atom stereocenters. The summed E-state index contributed by atoms with van der Waals surface area (Å²) in [5.41, 5.74) is 4.53. The fourth-order valence-electron chi connectivity index (χ4n) is 3.64. The van der Waals surface area contributed by atoms with E-state index in [-0.39, 0.29) is 24.0 Å². The summed E-state index contributed by atoms with van der Waals surface area (Å²) in [6, 6.07) is 16.6. The standard InChI is InChI=1S/C23H27N7.HI/c1-18-28-20-9-4-6-11-22(20)30(18)14-7-12-26-23(24-2)27-16-19-8-3-5-10-21(19)29-15-13-25-17-29;/h3-6,8-11,13,15,17H,7,12,14,16H2,1-2H3,(H2,24,26,27);1H. The van der Waals surface area contributed by atoms with Crippen LogP contribution in [0.1, 0.15) is 17.8 Å². The lowest BCUT2D eigenvalue weighted by atomic mass is 10.1. The predicted molar refractivity (Wildman–Crippen MR) is 136 cm³/mol. The maximum Gasteiger partial charge on any atom is 0.191 e. The molecule has 0 aliphatic carbocycles. The second kappa shape index (κ2) is 10.9. The summed E-state index contributed by atoms with van der Waals surface area (Å²) < 4.78 is 4.29. The van der Waals surface area contributed by atoms with Crippen molar-refractivity contribution in [3.63, 3.8) is 0 Å². The first-order valence-corrected chi connectivity index (χ1v) is 10.2. The average Bonchev–Trinajstić information content (AvgIpc) is 3.41. The van der Waals surface area contributed by atoms with E-state index in [0.717, 1.165) is 42.5 Å². The Labute approximate surface area is 199 Å². The van der Waals surface area contributed by atoms with Crippen LogP contribution in [0.4, 0.5) is 0 Å². The van der Waals surface area contributed by atoms with Crippen molar-refractivity contribution in [2.24, 2.45) is 4.99 Å². The van der Waals surface area contributed by atoms with Crippen molar-refractivity contribution in [1.82, 2.24) is 29.7 Å². The number of aromatic nitrogens is 4. The Morgan fingerprint density at radius 2 is 1.87 bits per heavy atom. The van der Waals surface area contributed by atoms with Crippen LogP contribution in [0.5, 0.6) is 0 Å². The first-order chi connectivity index (χ1) is 14.8. The van der Waals surface area contributed by atoms with Crippen LogP contribution in [-0.2, 0) is 13.1 Å². The first kappa shape index (κ1) is 22.8. The lowest BCUT2D eigenvalue weighted by Crippen LogP contribution is -2.37. The van der Waals surface area contributed by atoms with Gasteiger partial charge in [-0.2, -0.15) is 0 Å². The Balaban J connectivity index is 0.00000272. The van der Waals surface area contributed by atoms with E-state index in [9.17, 15) is 0 Å². The molecule has 0 radical (unpaired) electrons. The zero-order valence-corrected chi connectivity index (χ0v) is 20.2. The molecular weight excluding hydrogens is 501 g/mol. The number of hydrogen-bond acceptors (Lipinski definition) is 3. The Bertz CT molecular complexity index is 1130. The van der Waals surface area contributed by atoms with E-state index >= 15 is 0 Å². The molecule has 0 saturated carbocycles. The van der Waals surface area contributed by atoms with Crippen molar-refractivity contribution >= 4 is 41.0 Å². The van der Waals surface area contributed by atoms with Gasteiger partial charge in [0.1, 0.15) is 5.82 Å². The Kier molecular flexibility index (Phi) is 8.05. The molecule has 0 fully saturated rings. The number of nitrogens with zero attached hydrogens (tertiary/aromatic N) is 5. The summed E-state index contributed by atoms with van der Waals surface area (Å²) in [5.74, 6) is 1.84. The number of aliphatic imine (C=N–C) groups is 1. The van der Waals surface area contributed by atoms with Crippen LogP contribution >= 0.6 is 24.0 Å². The largest absolute Gasteiger partial charge is 0.356 e. The van der Waals surface area contributed by atoms with E-state index in [1.165, 1.54) is 11.1 Å². The fourth-order valence-corrected chi connectivity index (χ4v) is 3.64. The number of halogens is 1. The highest BCUT2D eigenvalue weighted by molar-refractivity contribution is 14.0. The van der Waals surface area contributed by atoms with E-state index < -0.39 is 0 Å². The normalized spacial score (nSPS) is 11.4. The van der Waals surface area contributed by atoms with Crippen molar-refractivity contribution < 1.29 is 0 Å². The van der Waals surface area contributed by atoms with Gasteiger partial charge in [-0.15, -0.1) is 24.0 Å². The highest BCUT2D eigenvalue weighted by Gasteiger charge is 2.07. The Morgan fingerprint density at radius 3 is 2.68 bits per heavy atom. The Morgan fingerprint density at radius 1 is 1.06 bits per heavy atom. The molecule has 8 heteroatoms. The minimum absolute atomic E-state index is 0. The molecule has 4 aromatic rings. The molecular formula is C23H28IN7. The summed E-state index contributed by atoms with van der Waals surface area (Å²) in [6.45, 7) is 4.49. The van der Waals surface area contributed by atoms with E-state index in [0.29, 0.717) is 6.54 Å². The molecule has 2 N–H and O–H groups in total. The van der Waals surface area contributed by atoms with E-state index in [4.69, 9.17) is 0 Å². The lowest BCUT2D eigenvalue weighted by Gasteiger charge is -2.15. The third-order valence-corrected chi connectivity index (χ3v) is 5.14. The number of rotatable bonds is 7. The number of hydrogen-bond donors (Lipinski definition) is 2. The SMILES string of the molecule is CN=C(NCCCn1c(C)nc2ccccc21)NCc1ccccc1-n1ccnc1.I. The number of guanidine groups is 1. The van der Waals surface area contributed by atoms with Crippen LogP contribution in [0, 0.1) is 6.92 Å². The number of aryl methyl sites for hydroxylation is 2. The molecule has 7 nitrogen and oxygen atoms in total. The number of benzene rings is 2. The van der Waals surface area contributed by atoms with E-state index in [2.05, 4.69) is 67.4 Å². The van der Waals surface area contributed by atoms with Gasteiger partial charge in [0, 0.05) is 39.1 Å². The molecule has 0 bridgehead atoms. The van der Waals surface area contributed by atoms with E-state index in [1.54, 1.807) is 13.2 Å². The molecule has 31 heavy (non-hydrogen) atoms. The van der Waals surface area contributed by atoms with Crippen LogP contribution in [0.2, 0.25) is 0 Å². The van der Waals surface area contributed by atoms with Crippen LogP contribution in [0.15, 0.2) is 72.2 Å². The number of para-hydroxylation sites is 3. The minimum atomic E-state index is 0. The summed E-state index contributed by atoms with van der Waals surface area (Å²) in [4.78, 5) is 13.1. The van der Waals surface area contributed by atoms with Crippen LogP contribution in [0.25, 0.3) is 16.7 Å². The van der Waals surface area contributed by atoms with Crippen LogP contribution in [-0.4, -0.2) is 38.7 Å². The molecule has 0 spiro atoms. The molecule has 0 saturated heterocycles. The van der Waals surface area contributed by atoms with Crippen LogP contribution in [0.3, 0.4) is 0 Å². The molecule has 0 atom stereocenters. The van der Waals surface area contributed by atoms with Crippen molar-refractivity contribution in [2.45, 2.75) is 26.4 Å². The molecule has 4 rings (SSSR count). The molecule has 162 valence electrons. The van der Waals surface area contributed by atoms with Crippen LogP contribution < -0.4 is 10.6 Å². The molecule has 2 heterocycles. The monoisotopic (exact) mass is 529 g/mol. The van der Waals surface area contributed by atoms with Crippen molar-refractivity contribution in [3.8, 4) is 5.69 Å². The maximum atomic E-state index is 4.64. The van der Waals surface area contributed by atoms with Gasteiger partial charge in [0.15, 0.2) is 5.96 Å². The molecule has 0 aliphatic rings. The van der Waals surface area contributed by atoms with Gasteiger partial charge in [-0.3, -0.25) is 4.99 Å². The number of imidazole rings is 2. The molecule has 0 amide bonds. The predicted octanol–water partition coefficient (Wildman–Crippen LogP) is 3.90. The zero-order valence-electron chi connectivity index (χ0n) is 17.8. The summed E-state index contributed by atoms with van der Waals surface area (Å²) >= 11 is 0. The number of nitrogens with one attached hydrogen (secondary N) is 2. The molecule has 0 aliphatic heterocycles. The second-order valence-electron chi connectivity index (χ2n) is 7.10. The smallest absolute Gasteiger partial charge is 0.191 e. The second-order valence-corrected chi connectivity index (χ2v) is 7.10. The van der Waals surface area contributed by atoms with Gasteiger partial charge in [-0.25, -0.2) is 9.97 Å². The first-order valence-electron chi connectivity index (χ1n) is 10.2. The van der Waals surface area contributed by atoms with Gasteiger partial charge >= 0.3 is 0 Å². The number of fused-ring (bicyclic) bond motifs is 1. The molecule has 2 aromatic carbocycles. The van der Waals surface area contributed by atoms with Gasteiger partial charge in [0.2, 0.25) is 0 Å². The lowest BCUT2D eigenvalue weighted by molar-refractivity contribution is 0.624. The summed E-state index contributed by atoms with van der Waals surface area (Å²) in [5, 5.41) is 6.82. The summed E-state index contributed by atoms with van der Waals surface area (Å²) in [7, 11) is 1.80. The van der Waals surface area contributed by atoms with Gasteiger partial charge in [0.25, 0.3) is 0 Å². The average molecular weight is 529 g/mol. The van der Waals surface area contributed by atoms with Gasteiger partial charge in [-0.1, -0.05) is 30.3 Å². The topological polar surface area (TPSA) is 72.1 Å². The minimum Gasteiger partial charge on any atom is -0.356 e. The highest BCUT2D eigenvalue weighted by atomic mass is 127. The third kappa shape index (κ3) is 5.43. The third-order valence-electron chi connectivity index (χ3n) is 5.14. The van der Waals surface area contributed by atoms with Gasteiger partial charge < -0.3 is 19.8 Å². The molecule has 2 aromatic heterocycles. The quantitative estimate of drug-likeness (QED) is 0.165. The highest BCUT2D eigenvalue weighted by Crippen LogP contribution is 2.16. The Hall–Kier alpha value is -2.88. The summed E-state index contributed by atoms with van der Waals surface area (Å²) in [6.07, 6.45) is 6.53. The van der Waals surface area contributed by atoms with Crippen molar-refractivity contribution in [3.05, 3.63) is 78.6 Å². The van der Waals surface area contributed by atoms with Crippen molar-refractivity contribution in [2.75, 3.05) is 13.6 Å². The zero-order chi connectivity index (χ0) is 20.8.